The van der Waals surface area contributed by atoms with Gasteiger partial charge in [-0.15, -0.1) is 0 Å². The first-order chi connectivity index (χ1) is 13.3. The average Bonchev–Trinajstić information content (AvgIpc) is 2.58. The number of nitrogens with two attached hydrogens (primary N) is 2. The van der Waals surface area contributed by atoms with Gasteiger partial charge < -0.3 is 32.5 Å². The minimum absolute atomic E-state index is 0.0293. The highest BCUT2D eigenvalue weighted by atomic mass is 16.4. The summed E-state index contributed by atoms with van der Waals surface area (Å²) < 4.78 is 0. The SMILES string of the molecule is CC(C)C[C@H](NC(=O)[C@H](C)NC(=O)[C@H](CC(N)=O)NC(=O)[C@@H](N)C(C)C)C(=O)O. The molecule has 4 atom stereocenters. The monoisotopic (exact) mass is 415 g/mol. The van der Waals surface area contributed by atoms with Crippen molar-refractivity contribution in [1.82, 2.24) is 16.0 Å². The molecule has 0 spiro atoms. The topological polar surface area (TPSA) is 194 Å². The smallest absolute Gasteiger partial charge is 0.326 e. The van der Waals surface area contributed by atoms with Crippen LogP contribution in [0.2, 0.25) is 0 Å². The van der Waals surface area contributed by atoms with Crippen molar-refractivity contribution < 1.29 is 29.1 Å². The van der Waals surface area contributed by atoms with Crippen LogP contribution in [-0.4, -0.2) is 58.9 Å². The standard InChI is InChI=1S/C18H33N5O6/c1-8(2)6-12(18(28)29)23-15(25)10(5)21-16(26)11(7-13(19)24)22-17(27)14(20)9(3)4/h8-12,14H,6-7,20H2,1-5H3,(H2,19,24)(H,21,26)(H,22,27)(H,23,25)(H,28,29)/t10-,11-,12-,14-/m0/s1. The van der Waals surface area contributed by atoms with Gasteiger partial charge in [-0.1, -0.05) is 27.7 Å². The van der Waals surface area contributed by atoms with Crippen molar-refractivity contribution in [3.63, 3.8) is 0 Å². The summed E-state index contributed by atoms with van der Waals surface area (Å²) in [4.78, 5) is 59.3. The summed E-state index contributed by atoms with van der Waals surface area (Å²) in [6.45, 7) is 8.41. The third-order valence-electron chi connectivity index (χ3n) is 4.13. The van der Waals surface area contributed by atoms with Gasteiger partial charge in [0.05, 0.1) is 12.5 Å². The van der Waals surface area contributed by atoms with Crippen molar-refractivity contribution in [2.75, 3.05) is 0 Å². The molecule has 4 amide bonds. The minimum atomic E-state index is -1.31. The molecule has 11 heteroatoms. The number of carbonyl (C=O) groups is 5. The lowest BCUT2D eigenvalue weighted by Crippen LogP contribution is -2.57. The maximum absolute atomic E-state index is 12.4. The Kier molecular flexibility index (Phi) is 10.9. The van der Waals surface area contributed by atoms with Crippen molar-refractivity contribution in [3.8, 4) is 0 Å². The first-order valence-electron chi connectivity index (χ1n) is 9.44. The third kappa shape index (κ3) is 9.88. The lowest BCUT2D eigenvalue weighted by Gasteiger charge is -2.24. The number of aliphatic carboxylic acids is 1. The van der Waals surface area contributed by atoms with Crippen LogP contribution in [0, 0.1) is 11.8 Å². The predicted molar refractivity (Wildman–Crippen MR) is 105 cm³/mol. The maximum Gasteiger partial charge on any atom is 0.326 e. The number of hydrogen-bond acceptors (Lipinski definition) is 6. The molecule has 0 aliphatic rings. The summed E-state index contributed by atoms with van der Waals surface area (Å²) in [5.74, 6) is -4.36. The van der Waals surface area contributed by atoms with E-state index in [1.807, 2.05) is 13.8 Å². The molecule has 8 N–H and O–H groups in total. The van der Waals surface area contributed by atoms with Gasteiger partial charge >= 0.3 is 5.97 Å². The van der Waals surface area contributed by atoms with Gasteiger partial charge in [0, 0.05) is 0 Å². The predicted octanol–water partition coefficient (Wildman–Crippen LogP) is -1.55. The second-order valence-corrected chi connectivity index (χ2v) is 7.76. The number of nitrogens with one attached hydrogen (secondary N) is 3. The first kappa shape index (κ1) is 26.3. The molecule has 0 aromatic heterocycles. The molecule has 29 heavy (non-hydrogen) atoms. The van der Waals surface area contributed by atoms with Gasteiger partial charge in [-0.2, -0.15) is 0 Å². The molecule has 11 nitrogen and oxygen atoms in total. The Labute approximate surface area is 170 Å². The van der Waals surface area contributed by atoms with Crippen LogP contribution in [0.15, 0.2) is 0 Å². The minimum Gasteiger partial charge on any atom is -0.480 e. The number of carbonyl (C=O) groups excluding carboxylic acids is 4. The van der Waals surface area contributed by atoms with Gasteiger partial charge in [0.25, 0.3) is 0 Å². The van der Waals surface area contributed by atoms with E-state index < -0.39 is 60.2 Å². The van der Waals surface area contributed by atoms with Gasteiger partial charge in [0.1, 0.15) is 18.1 Å². The average molecular weight is 415 g/mol. The Morgan fingerprint density at radius 1 is 0.828 bits per heavy atom. The molecule has 0 aliphatic carbocycles. The molecule has 0 aromatic rings. The Morgan fingerprint density at radius 3 is 1.76 bits per heavy atom. The van der Waals surface area contributed by atoms with Crippen molar-refractivity contribution in [2.24, 2.45) is 23.3 Å². The van der Waals surface area contributed by atoms with Crippen LogP contribution >= 0.6 is 0 Å². The van der Waals surface area contributed by atoms with E-state index in [-0.39, 0.29) is 18.3 Å². The highest BCUT2D eigenvalue weighted by Gasteiger charge is 2.30. The number of primary amides is 1. The zero-order valence-electron chi connectivity index (χ0n) is 17.5. The Hall–Kier alpha value is -2.69. The Balaban J connectivity index is 5.09. The van der Waals surface area contributed by atoms with Crippen molar-refractivity contribution in [3.05, 3.63) is 0 Å². The van der Waals surface area contributed by atoms with E-state index in [2.05, 4.69) is 16.0 Å². The summed E-state index contributed by atoms with van der Waals surface area (Å²) >= 11 is 0. The quantitative estimate of drug-likeness (QED) is 0.222. The third-order valence-corrected chi connectivity index (χ3v) is 4.13. The van der Waals surface area contributed by atoms with E-state index in [1.54, 1.807) is 13.8 Å². The maximum atomic E-state index is 12.4. The molecule has 0 aromatic carbocycles. The van der Waals surface area contributed by atoms with E-state index in [9.17, 15) is 29.1 Å². The van der Waals surface area contributed by atoms with Crippen LogP contribution in [-0.2, 0) is 24.0 Å². The molecular formula is C18H33N5O6. The number of hydrogen-bond donors (Lipinski definition) is 6. The van der Waals surface area contributed by atoms with E-state index in [0.29, 0.717) is 0 Å². The van der Waals surface area contributed by atoms with Crippen LogP contribution in [0.4, 0.5) is 0 Å². The van der Waals surface area contributed by atoms with Gasteiger partial charge in [-0.25, -0.2) is 4.79 Å². The van der Waals surface area contributed by atoms with Crippen molar-refractivity contribution >= 4 is 29.6 Å². The molecule has 0 saturated carbocycles. The molecule has 0 aliphatic heterocycles. The summed E-state index contributed by atoms with van der Waals surface area (Å²) in [6.07, 6.45) is -0.267. The molecule has 0 bridgehead atoms. The fourth-order valence-electron chi connectivity index (χ4n) is 2.35. The Morgan fingerprint density at radius 2 is 1.34 bits per heavy atom. The fraction of sp³-hybridized carbons (Fsp3) is 0.722. The summed E-state index contributed by atoms with van der Waals surface area (Å²) in [6, 6.07) is -4.42. The van der Waals surface area contributed by atoms with E-state index in [0.717, 1.165) is 0 Å². The zero-order valence-corrected chi connectivity index (χ0v) is 17.5. The van der Waals surface area contributed by atoms with E-state index >= 15 is 0 Å². The molecule has 0 heterocycles. The number of carboxylic acid groups (broad SMARTS) is 1. The lowest BCUT2D eigenvalue weighted by molar-refractivity contribution is -0.142. The van der Waals surface area contributed by atoms with Gasteiger partial charge in [-0.3, -0.25) is 19.2 Å². The van der Waals surface area contributed by atoms with Gasteiger partial charge in [-0.05, 0) is 25.2 Å². The van der Waals surface area contributed by atoms with Crippen LogP contribution in [0.1, 0.15) is 47.5 Å². The second-order valence-electron chi connectivity index (χ2n) is 7.76. The van der Waals surface area contributed by atoms with Crippen molar-refractivity contribution in [2.45, 2.75) is 71.6 Å². The Bertz CT molecular complexity index is 622. The molecular weight excluding hydrogens is 382 g/mol. The highest BCUT2D eigenvalue weighted by molar-refractivity contribution is 5.96. The number of amides is 4. The molecule has 0 unspecified atom stereocenters. The molecule has 0 rings (SSSR count). The van der Waals surface area contributed by atoms with Crippen LogP contribution in [0.3, 0.4) is 0 Å². The second kappa shape index (κ2) is 12.0. The highest BCUT2D eigenvalue weighted by Crippen LogP contribution is 2.06. The number of rotatable bonds is 12. The summed E-state index contributed by atoms with van der Waals surface area (Å²) in [7, 11) is 0. The summed E-state index contributed by atoms with van der Waals surface area (Å²) in [5, 5.41) is 16.3. The molecule has 0 radical (unpaired) electrons. The molecule has 0 fully saturated rings. The van der Waals surface area contributed by atoms with Crippen molar-refractivity contribution in [1.29, 1.82) is 0 Å². The molecule has 166 valence electrons. The van der Waals surface area contributed by atoms with Gasteiger partial charge in [0.15, 0.2) is 0 Å². The number of carboxylic acids is 1. The van der Waals surface area contributed by atoms with Gasteiger partial charge in [0.2, 0.25) is 23.6 Å². The van der Waals surface area contributed by atoms with Crippen LogP contribution in [0.5, 0.6) is 0 Å². The van der Waals surface area contributed by atoms with E-state index in [4.69, 9.17) is 11.5 Å². The first-order valence-corrected chi connectivity index (χ1v) is 9.44. The lowest BCUT2D eigenvalue weighted by atomic mass is 10.0. The van der Waals surface area contributed by atoms with Crippen LogP contribution in [0.25, 0.3) is 0 Å². The van der Waals surface area contributed by atoms with E-state index in [1.165, 1.54) is 6.92 Å². The largest absolute Gasteiger partial charge is 0.480 e. The fourth-order valence-corrected chi connectivity index (χ4v) is 2.35. The molecule has 0 saturated heterocycles. The normalized spacial score (nSPS) is 15.2. The summed E-state index contributed by atoms with van der Waals surface area (Å²) in [5.41, 5.74) is 10.9. The van der Waals surface area contributed by atoms with Crippen LogP contribution < -0.4 is 27.4 Å². The zero-order chi connectivity index (χ0) is 22.9.